The number of imidazole rings is 2. The number of alkyl halides is 3. The Kier molecular flexibility index (Phi) is 5.20. The third-order valence-electron chi connectivity index (χ3n) is 5.25. The standard InChI is InChI=1S/C24H19F3N6O/c1-14-3-5-15(6-4-14)30-23-31-18-11-16(7-8-20(18)33(23)2)34-17-9-10-28-19(12-17)22-29-13-21(32-22)24(25,26)27/h3-13H,1-2H3,(H,29,32)(H,30,31). The van der Waals surface area contributed by atoms with Gasteiger partial charge in [-0.25, -0.2) is 9.97 Å². The zero-order valence-corrected chi connectivity index (χ0v) is 18.2. The molecule has 34 heavy (non-hydrogen) atoms. The van der Waals surface area contributed by atoms with Crippen LogP contribution in [0.15, 0.2) is 67.0 Å². The van der Waals surface area contributed by atoms with E-state index in [1.165, 1.54) is 17.8 Å². The van der Waals surface area contributed by atoms with E-state index in [1.54, 1.807) is 18.2 Å². The van der Waals surface area contributed by atoms with Crippen molar-refractivity contribution in [1.82, 2.24) is 24.5 Å². The fraction of sp³-hybridized carbons (Fsp3) is 0.125. The number of aromatic nitrogens is 5. The number of hydrogen-bond acceptors (Lipinski definition) is 5. The number of anilines is 2. The molecule has 0 fully saturated rings. The van der Waals surface area contributed by atoms with Gasteiger partial charge in [0.15, 0.2) is 5.82 Å². The molecule has 0 aliphatic heterocycles. The van der Waals surface area contributed by atoms with Crippen molar-refractivity contribution in [2.75, 3.05) is 5.32 Å². The van der Waals surface area contributed by atoms with E-state index in [0.717, 1.165) is 22.9 Å². The molecule has 7 nitrogen and oxygen atoms in total. The van der Waals surface area contributed by atoms with Crippen LogP contribution in [0, 0.1) is 6.92 Å². The number of fused-ring (bicyclic) bond motifs is 1. The van der Waals surface area contributed by atoms with E-state index in [2.05, 4.69) is 25.3 Å². The topological polar surface area (TPSA) is 80.7 Å². The van der Waals surface area contributed by atoms with Crippen molar-refractivity contribution < 1.29 is 17.9 Å². The summed E-state index contributed by atoms with van der Waals surface area (Å²) in [5.74, 6) is 1.62. The SMILES string of the molecule is Cc1ccc(Nc2nc3cc(Oc4ccnc(-c5ncc(C(F)(F)F)[nH]5)c4)ccc3n2C)cc1. The Morgan fingerprint density at radius 3 is 2.47 bits per heavy atom. The molecule has 2 aromatic carbocycles. The Morgan fingerprint density at radius 1 is 0.971 bits per heavy atom. The van der Waals surface area contributed by atoms with Gasteiger partial charge in [-0.3, -0.25) is 4.98 Å². The first kappa shape index (κ1) is 21.5. The largest absolute Gasteiger partial charge is 0.457 e. The highest BCUT2D eigenvalue weighted by molar-refractivity contribution is 5.81. The summed E-state index contributed by atoms with van der Waals surface area (Å²) in [6.45, 7) is 2.03. The van der Waals surface area contributed by atoms with Gasteiger partial charge >= 0.3 is 6.18 Å². The first-order valence-electron chi connectivity index (χ1n) is 10.3. The highest BCUT2D eigenvalue weighted by Gasteiger charge is 2.33. The predicted octanol–water partition coefficient (Wildman–Crippen LogP) is 6.22. The summed E-state index contributed by atoms with van der Waals surface area (Å²) in [5, 5.41) is 3.31. The molecule has 0 saturated heterocycles. The number of aryl methyl sites for hydroxylation is 2. The summed E-state index contributed by atoms with van der Waals surface area (Å²) >= 11 is 0. The third kappa shape index (κ3) is 4.29. The second kappa shape index (κ2) is 8.22. The molecule has 0 atom stereocenters. The lowest BCUT2D eigenvalue weighted by atomic mass is 10.2. The summed E-state index contributed by atoms with van der Waals surface area (Å²) < 4.78 is 46.4. The Bertz CT molecular complexity index is 1470. The van der Waals surface area contributed by atoms with Crippen molar-refractivity contribution >= 4 is 22.7 Å². The smallest absolute Gasteiger partial charge is 0.432 e. The highest BCUT2D eigenvalue weighted by Crippen LogP contribution is 2.31. The second-order valence-corrected chi connectivity index (χ2v) is 7.76. The van der Waals surface area contributed by atoms with Crippen LogP contribution in [0.25, 0.3) is 22.6 Å². The van der Waals surface area contributed by atoms with Crippen LogP contribution in [-0.2, 0) is 13.2 Å². The van der Waals surface area contributed by atoms with Crippen LogP contribution in [0.2, 0.25) is 0 Å². The summed E-state index contributed by atoms with van der Waals surface area (Å²) in [7, 11) is 1.92. The Hall–Kier alpha value is -4.34. The first-order valence-corrected chi connectivity index (χ1v) is 10.3. The normalized spacial score (nSPS) is 11.7. The number of nitrogens with zero attached hydrogens (tertiary/aromatic N) is 4. The molecule has 0 bridgehead atoms. The van der Waals surface area contributed by atoms with Crippen molar-refractivity contribution in [3.63, 3.8) is 0 Å². The number of halogens is 3. The number of ether oxygens (including phenoxy) is 1. The van der Waals surface area contributed by atoms with Crippen LogP contribution >= 0.6 is 0 Å². The van der Waals surface area contributed by atoms with Gasteiger partial charge in [0.25, 0.3) is 0 Å². The van der Waals surface area contributed by atoms with Gasteiger partial charge in [0.05, 0.1) is 17.2 Å². The van der Waals surface area contributed by atoms with Crippen molar-refractivity contribution in [2.45, 2.75) is 13.1 Å². The van der Waals surface area contributed by atoms with Crippen LogP contribution in [0.3, 0.4) is 0 Å². The van der Waals surface area contributed by atoms with Gasteiger partial charge in [-0.2, -0.15) is 13.2 Å². The van der Waals surface area contributed by atoms with Gasteiger partial charge in [0.2, 0.25) is 5.95 Å². The van der Waals surface area contributed by atoms with Gasteiger partial charge in [0.1, 0.15) is 22.9 Å². The van der Waals surface area contributed by atoms with Crippen molar-refractivity contribution in [1.29, 1.82) is 0 Å². The van der Waals surface area contributed by atoms with Crippen LogP contribution in [-0.4, -0.2) is 24.5 Å². The Labute approximate surface area is 192 Å². The van der Waals surface area contributed by atoms with E-state index >= 15 is 0 Å². The van der Waals surface area contributed by atoms with Crippen molar-refractivity contribution in [2.24, 2.45) is 7.05 Å². The van der Waals surface area contributed by atoms with Crippen LogP contribution in [0.5, 0.6) is 11.5 Å². The summed E-state index contributed by atoms with van der Waals surface area (Å²) in [6.07, 6.45) is -2.32. The number of rotatable bonds is 5. The minimum absolute atomic E-state index is 0.00442. The average molecular weight is 464 g/mol. The molecule has 5 aromatic rings. The van der Waals surface area contributed by atoms with Crippen molar-refractivity contribution in [3.8, 4) is 23.0 Å². The first-order chi connectivity index (χ1) is 16.3. The van der Waals surface area contributed by atoms with E-state index in [-0.39, 0.29) is 11.5 Å². The molecule has 0 radical (unpaired) electrons. The zero-order valence-electron chi connectivity index (χ0n) is 18.2. The summed E-state index contributed by atoms with van der Waals surface area (Å²) in [5.41, 5.74) is 3.03. The molecule has 3 aromatic heterocycles. The number of pyridine rings is 1. The summed E-state index contributed by atoms with van der Waals surface area (Å²) in [4.78, 5) is 14.8. The minimum atomic E-state index is -4.51. The lowest BCUT2D eigenvalue weighted by Crippen LogP contribution is -2.04. The predicted molar refractivity (Wildman–Crippen MR) is 122 cm³/mol. The maximum atomic E-state index is 12.9. The van der Waals surface area contributed by atoms with Gasteiger partial charge in [0, 0.05) is 31.1 Å². The number of H-pyrrole nitrogens is 1. The van der Waals surface area contributed by atoms with Gasteiger partial charge in [-0.05, 0) is 37.3 Å². The molecule has 10 heteroatoms. The second-order valence-electron chi connectivity index (χ2n) is 7.76. The van der Waals surface area contributed by atoms with E-state index in [9.17, 15) is 13.2 Å². The minimum Gasteiger partial charge on any atom is -0.457 e. The van der Waals surface area contributed by atoms with Crippen LogP contribution in [0.4, 0.5) is 24.8 Å². The molecule has 0 aliphatic rings. The van der Waals surface area contributed by atoms with E-state index in [0.29, 0.717) is 17.4 Å². The molecule has 0 spiro atoms. The fourth-order valence-corrected chi connectivity index (χ4v) is 3.46. The Balaban J connectivity index is 1.38. The summed E-state index contributed by atoms with van der Waals surface area (Å²) in [6, 6.07) is 16.6. The van der Waals surface area contributed by atoms with E-state index in [4.69, 9.17) is 4.74 Å². The number of aromatic amines is 1. The number of nitrogens with one attached hydrogen (secondary N) is 2. The maximum Gasteiger partial charge on any atom is 0.432 e. The molecule has 0 unspecified atom stereocenters. The molecule has 3 heterocycles. The zero-order chi connectivity index (χ0) is 23.9. The van der Waals surface area contributed by atoms with Gasteiger partial charge < -0.3 is 19.6 Å². The molecule has 2 N–H and O–H groups in total. The fourth-order valence-electron chi connectivity index (χ4n) is 3.46. The maximum absolute atomic E-state index is 12.9. The van der Waals surface area contributed by atoms with E-state index < -0.39 is 11.9 Å². The molecule has 172 valence electrons. The molecule has 0 aliphatic carbocycles. The quantitative estimate of drug-likeness (QED) is 0.323. The van der Waals surface area contributed by atoms with E-state index in [1.807, 2.05) is 48.9 Å². The lowest BCUT2D eigenvalue weighted by Gasteiger charge is -2.07. The number of benzene rings is 2. The molecular weight excluding hydrogens is 445 g/mol. The monoisotopic (exact) mass is 464 g/mol. The van der Waals surface area contributed by atoms with Crippen molar-refractivity contribution in [3.05, 3.63) is 78.2 Å². The average Bonchev–Trinajstić information content (AvgIpc) is 3.41. The third-order valence-corrected chi connectivity index (χ3v) is 5.25. The molecule has 0 amide bonds. The number of hydrogen-bond donors (Lipinski definition) is 2. The van der Waals surface area contributed by atoms with Gasteiger partial charge in [-0.1, -0.05) is 17.7 Å². The van der Waals surface area contributed by atoms with Crippen LogP contribution < -0.4 is 10.1 Å². The van der Waals surface area contributed by atoms with Gasteiger partial charge in [-0.15, -0.1) is 0 Å². The highest BCUT2D eigenvalue weighted by atomic mass is 19.4. The molecular formula is C24H19F3N6O. The Morgan fingerprint density at radius 2 is 1.74 bits per heavy atom. The van der Waals surface area contributed by atoms with Crippen LogP contribution in [0.1, 0.15) is 11.3 Å². The molecule has 0 saturated carbocycles. The lowest BCUT2D eigenvalue weighted by molar-refractivity contribution is -0.140. The molecule has 5 rings (SSSR count).